The smallest absolute Gasteiger partial charge is 0.120 e. The number of ether oxygens (including phenoxy) is 1. The monoisotopic (exact) mass is 183 g/mol. The van der Waals surface area contributed by atoms with Crippen LogP contribution in [0.5, 0.6) is 0 Å². The minimum absolute atomic E-state index is 0.236. The van der Waals surface area contributed by atoms with Crippen LogP contribution in [-0.4, -0.2) is 19.8 Å². The van der Waals surface area contributed by atoms with Crippen LogP contribution in [0.2, 0.25) is 0 Å². The summed E-state index contributed by atoms with van der Waals surface area (Å²) < 4.78 is 10.3. The summed E-state index contributed by atoms with van der Waals surface area (Å²) in [4.78, 5) is 0. The summed E-state index contributed by atoms with van der Waals surface area (Å²) in [6.07, 6.45) is 1.69. The molecule has 1 N–H and O–H groups in total. The van der Waals surface area contributed by atoms with Gasteiger partial charge in [0.2, 0.25) is 0 Å². The lowest BCUT2D eigenvalue weighted by atomic mass is 10.2. The van der Waals surface area contributed by atoms with E-state index in [1.807, 2.05) is 12.1 Å². The molecule has 13 heavy (non-hydrogen) atoms. The van der Waals surface area contributed by atoms with E-state index in [9.17, 15) is 0 Å². The largest absolute Gasteiger partial charge is 0.468 e. The molecule has 1 aromatic rings. The number of nitrogens with one attached hydrogen (secondary N) is 1. The second kappa shape index (κ2) is 5.04. The summed E-state index contributed by atoms with van der Waals surface area (Å²) in [5.41, 5.74) is 0. The Morgan fingerprint density at radius 3 is 2.85 bits per heavy atom. The Labute approximate surface area is 79.1 Å². The van der Waals surface area contributed by atoms with Gasteiger partial charge in [0.25, 0.3) is 0 Å². The van der Waals surface area contributed by atoms with Crippen LogP contribution >= 0.6 is 0 Å². The van der Waals surface area contributed by atoms with Gasteiger partial charge in [-0.05, 0) is 26.0 Å². The van der Waals surface area contributed by atoms with Crippen molar-refractivity contribution >= 4 is 0 Å². The molecule has 0 saturated heterocycles. The van der Waals surface area contributed by atoms with E-state index in [0.29, 0.717) is 12.6 Å². The molecule has 0 bridgehead atoms. The van der Waals surface area contributed by atoms with Gasteiger partial charge in [0, 0.05) is 13.2 Å². The van der Waals surface area contributed by atoms with E-state index in [1.165, 1.54) is 0 Å². The Kier molecular flexibility index (Phi) is 3.99. The van der Waals surface area contributed by atoms with Gasteiger partial charge >= 0.3 is 0 Å². The van der Waals surface area contributed by atoms with Gasteiger partial charge < -0.3 is 14.5 Å². The zero-order valence-corrected chi connectivity index (χ0v) is 8.41. The van der Waals surface area contributed by atoms with Gasteiger partial charge in [-0.2, -0.15) is 0 Å². The fraction of sp³-hybridized carbons (Fsp3) is 0.600. The maximum atomic E-state index is 5.27. The van der Waals surface area contributed by atoms with E-state index in [-0.39, 0.29) is 6.04 Å². The zero-order valence-electron chi connectivity index (χ0n) is 8.41. The van der Waals surface area contributed by atoms with Crippen LogP contribution in [0.1, 0.15) is 25.6 Å². The van der Waals surface area contributed by atoms with Crippen molar-refractivity contribution in [2.75, 3.05) is 13.7 Å². The van der Waals surface area contributed by atoms with E-state index in [4.69, 9.17) is 9.15 Å². The van der Waals surface area contributed by atoms with E-state index < -0.39 is 0 Å². The number of furan rings is 1. The van der Waals surface area contributed by atoms with Gasteiger partial charge in [0.05, 0.1) is 18.9 Å². The van der Waals surface area contributed by atoms with E-state index in [2.05, 4.69) is 19.2 Å². The molecule has 0 aliphatic rings. The normalized spacial score (nSPS) is 15.6. The van der Waals surface area contributed by atoms with Crippen LogP contribution in [0.3, 0.4) is 0 Å². The van der Waals surface area contributed by atoms with Crippen molar-refractivity contribution in [2.24, 2.45) is 0 Å². The van der Waals surface area contributed by atoms with Gasteiger partial charge in [-0.15, -0.1) is 0 Å². The Balaban J connectivity index is 2.37. The summed E-state index contributed by atoms with van der Waals surface area (Å²) in [6.45, 7) is 4.87. The second-order valence-corrected chi connectivity index (χ2v) is 3.26. The van der Waals surface area contributed by atoms with Gasteiger partial charge in [0.1, 0.15) is 5.76 Å². The first-order chi connectivity index (χ1) is 6.24. The van der Waals surface area contributed by atoms with Crippen LogP contribution < -0.4 is 5.32 Å². The lowest BCUT2D eigenvalue weighted by Gasteiger charge is -2.17. The highest BCUT2D eigenvalue weighted by molar-refractivity contribution is 5.03. The van der Waals surface area contributed by atoms with Crippen LogP contribution in [0.15, 0.2) is 22.8 Å². The fourth-order valence-electron chi connectivity index (χ4n) is 1.34. The highest BCUT2D eigenvalue weighted by atomic mass is 16.5. The molecule has 1 aromatic heterocycles. The molecule has 1 heterocycles. The quantitative estimate of drug-likeness (QED) is 0.757. The van der Waals surface area contributed by atoms with E-state index in [0.717, 1.165) is 5.76 Å². The molecule has 2 atom stereocenters. The molecule has 0 amide bonds. The molecule has 0 radical (unpaired) electrons. The first-order valence-electron chi connectivity index (χ1n) is 4.52. The standard InChI is InChI=1S/C10H17NO2/c1-8(7-12-3)11-9(2)10-5-4-6-13-10/h4-6,8-9,11H,7H2,1-3H3/t8-,9-/m0/s1. The molecular weight excluding hydrogens is 166 g/mol. The van der Waals surface area contributed by atoms with Crippen LogP contribution in [-0.2, 0) is 4.74 Å². The summed E-state index contributed by atoms with van der Waals surface area (Å²) >= 11 is 0. The first-order valence-corrected chi connectivity index (χ1v) is 4.52. The first kappa shape index (κ1) is 10.3. The highest BCUT2D eigenvalue weighted by Gasteiger charge is 2.10. The lowest BCUT2D eigenvalue weighted by molar-refractivity contribution is 0.166. The predicted octanol–water partition coefficient (Wildman–Crippen LogP) is 1.97. The number of methoxy groups -OCH3 is 1. The number of rotatable bonds is 5. The van der Waals surface area contributed by atoms with E-state index in [1.54, 1.807) is 13.4 Å². The summed E-state index contributed by atoms with van der Waals surface area (Å²) in [6, 6.07) is 4.44. The number of hydrogen-bond acceptors (Lipinski definition) is 3. The van der Waals surface area contributed by atoms with Gasteiger partial charge in [-0.3, -0.25) is 0 Å². The van der Waals surface area contributed by atoms with Crippen molar-refractivity contribution in [3.63, 3.8) is 0 Å². The maximum absolute atomic E-state index is 5.27. The molecule has 0 spiro atoms. The minimum Gasteiger partial charge on any atom is -0.468 e. The Bertz CT molecular complexity index is 221. The molecule has 0 aromatic carbocycles. The average Bonchev–Trinajstić information content (AvgIpc) is 2.55. The lowest BCUT2D eigenvalue weighted by Crippen LogP contribution is -2.32. The molecule has 1 rings (SSSR count). The Hall–Kier alpha value is -0.800. The Morgan fingerprint density at radius 2 is 2.31 bits per heavy atom. The van der Waals surface area contributed by atoms with Crippen molar-refractivity contribution in [2.45, 2.75) is 25.9 Å². The molecule has 74 valence electrons. The zero-order chi connectivity index (χ0) is 9.68. The van der Waals surface area contributed by atoms with Crippen molar-refractivity contribution in [1.29, 1.82) is 0 Å². The third-order valence-electron chi connectivity index (χ3n) is 1.92. The predicted molar refractivity (Wildman–Crippen MR) is 51.6 cm³/mol. The molecule has 0 unspecified atom stereocenters. The molecule has 3 nitrogen and oxygen atoms in total. The maximum Gasteiger partial charge on any atom is 0.120 e. The second-order valence-electron chi connectivity index (χ2n) is 3.26. The van der Waals surface area contributed by atoms with Gasteiger partial charge in [-0.1, -0.05) is 0 Å². The van der Waals surface area contributed by atoms with Crippen molar-refractivity contribution in [1.82, 2.24) is 5.32 Å². The van der Waals surface area contributed by atoms with Crippen LogP contribution in [0.4, 0.5) is 0 Å². The third-order valence-corrected chi connectivity index (χ3v) is 1.92. The fourth-order valence-corrected chi connectivity index (χ4v) is 1.34. The molecular formula is C10H17NO2. The molecule has 0 aliphatic heterocycles. The molecule has 0 aliphatic carbocycles. The van der Waals surface area contributed by atoms with Crippen molar-refractivity contribution < 1.29 is 9.15 Å². The van der Waals surface area contributed by atoms with Crippen molar-refractivity contribution in [3.05, 3.63) is 24.2 Å². The van der Waals surface area contributed by atoms with E-state index >= 15 is 0 Å². The third kappa shape index (κ3) is 3.20. The van der Waals surface area contributed by atoms with Crippen LogP contribution in [0, 0.1) is 0 Å². The van der Waals surface area contributed by atoms with Gasteiger partial charge in [-0.25, -0.2) is 0 Å². The average molecular weight is 183 g/mol. The summed E-state index contributed by atoms with van der Waals surface area (Å²) in [7, 11) is 1.70. The van der Waals surface area contributed by atoms with Crippen LogP contribution in [0.25, 0.3) is 0 Å². The van der Waals surface area contributed by atoms with Crippen molar-refractivity contribution in [3.8, 4) is 0 Å². The molecule has 3 heteroatoms. The molecule has 0 saturated carbocycles. The minimum atomic E-state index is 0.236. The summed E-state index contributed by atoms with van der Waals surface area (Å²) in [5, 5.41) is 3.36. The Morgan fingerprint density at radius 1 is 1.54 bits per heavy atom. The van der Waals surface area contributed by atoms with Gasteiger partial charge in [0.15, 0.2) is 0 Å². The SMILES string of the molecule is COC[C@H](C)N[C@@H](C)c1ccco1. The topological polar surface area (TPSA) is 34.4 Å². The molecule has 0 fully saturated rings. The number of hydrogen-bond donors (Lipinski definition) is 1. The highest BCUT2D eigenvalue weighted by Crippen LogP contribution is 2.12. The summed E-state index contributed by atoms with van der Waals surface area (Å²) in [5.74, 6) is 0.961.